The monoisotopic (exact) mass is 333 g/mol. The molecule has 0 atom stereocenters. The fourth-order valence-electron chi connectivity index (χ4n) is 1.89. The maximum Gasteiger partial charge on any atom is 0.316 e. The van der Waals surface area contributed by atoms with Crippen LogP contribution in [0.2, 0.25) is 0 Å². The molecule has 0 unspecified atom stereocenters. The first-order valence-corrected chi connectivity index (χ1v) is 7.77. The van der Waals surface area contributed by atoms with Crippen molar-refractivity contribution in [2.45, 2.75) is 25.6 Å². The summed E-state index contributed by atoms with van der Waals surface area (Å²) in [6, 6.07) is 8.01. The number of ether oxygens (including phenoxy) is 1. The minimum Gasteiger partial charge on any atom is -0.460 e. The Morgan fingerprint density at radius 3 is 2.57 bits per heavy atom. The molecule has 8 heteroatoms. The van der Waals surface area contributed by atoms with E-state index in [0.717, 1.165) is 11.4 Å². The number of carbonyl (C=O) groups is 1. The average Bonchev–Trinajstić information content (AvgIpc) is 2.50. The van der Waals surface area contributed by atoms with Gasteiger partial charge in [0.05, 0.1) is 16.2 Å². The van der Waals surface area contributed by atoms with Gasteiger partial charge in [-0.25, -0.2) is 9.97 Å². The van der Waals surface area contributed by atoms with Gasteiger partial charge in [0.15, 0.2) is 5.16 Å². The van der Waals surface area contributed by atoms with Crippen LogP contribution in [0.5, 0.6) is 0 Å². The van der Waals surface area contributed by atoms with Crippen molar-refractivity contribution in [3.05, 3.63) is 57.4 Å². The van der Waals surface area contributed by atoms with Gasteiger partial charge in [0.25, 0.3) is 5.69 Å². The summed E-state index contributed by atoms with van der Waals surface area (Å²) in [4.78, 5) is 30.6. The summed E-state index contributed by atoms with van der Waals surface area (Å²) in [5.74, 6) is -0.431. The third-order valence-corrected chi connectivity index (χ3v) is 3.68. The summed E-state index contributed by atoms with van der Waals surface area (Å²) < 4.78 is 5.08. The quantitative estimate of drug-likeness (QED) is 0.264. The van der Waals surface area contributed by atoms with Crippen molar-refractivity contribution in [1.82, 2.24) is 9.97 Å². The number of nitrogens with zero attached hydrogens (tertiary/aromatic N) is 3. The first-order valence-electron chi connectivity index (χ1n) is 6.78. The lowest BCUT2D eigenvalue weighted by atomic mass is 10.2. The van der Waals surface area contributed by atoms with Crippen molar-refractivity contribution in [2.75, 3.05) is 5.75 Å². The van der Waals surface area contributed by atoms with Gasteiger partial charge < -0.3 is 4.74 Å². The third kappa shape index (κ3) is 5.03. The van der Waals surface area contributed by atoms with Crippen LogP contribution in [0.1, 0.15) is 17.0 Å². The predicted molar refractivity (Wildman–Crippen MR) is 85.1 cm³/mol. The number of nitro groups is 1. The van der Waals surface area contributed by atoms with E-state index >= 15 is 0 Å². The Balaban J connectivity index is 1.89. The molecule has 23 heavy (non-hydrogen) atoms. The first kappa shape index (κ1) is 16.9. The molecule has 1 aromatic heterocycles. The Morgan fingerprint density at radius 2 is 1.91 bits per heavy atom. The van der Waals surface area contributed by atoms with Crippen LogP contribution in [0.4, 0.5) is 5.69 Å². The molecule has 0 N–H and O–H groups in total. The average molecular weight is 333 g/mol. The highest BCUT2D eigenvalue weighted by atomic mass is 32.2. The number of carbonyl (C=O) groups excluding carboxylic acids is 1. The Bertz CT molecular complexity index is 716. The van der Waals surface area contributed by atoms with E-state index in [1.807, 2.05) is 19.9 Å². The van der Waals surface area contributed by atoms with Gasteiger partial charge in [0.2, 0.25) is 0 Å². The van der Waals surface area contributed by atoms with Gasteiger partial charge in [-0.2, -0.15) is 0 Å². The normalized spacial score (nSPS) is 10.3. The number of benzene rings is 1. The molecule has 0 saturated carbocycles. The molecule has 0 amide bonds. The van der Waals surface area contributed by atoms with E-state index in [-0.39, 0.29) is 18.0 Å². The van der Waals surface area contributed by atoms with E-state index in [1.54, 1.807) is 18.2 Å². The molecule has 0 aliphatic rings. The Labute approximate surface area is 137 Å². The number of para-hydroxylation sites is 1. The number of hydrogen-bond acceptors (Lipinski definition) is 7. The largest absolute Gasteiger partial charge is 0.460 e. The maximum absolute atomic E-state index is 11.8. The zero-order chi connectivity index (χ0) is 16.8. The van der Waals surface area contributed by atoms with Gasteiger partial charge in [-0.1, -0.05) is 23.9 Å². The number of thioether (sulfide) groups is 1. The van der Waals surface area contributed by atoms with Crippen molar-refractivity contribution in [2.24, 2.45) is 0 Å². The van der Waals surface area contributed by atoms with Crippen LogP contribution in [0, 0.1) is 24.0 Å². The molecule has 0 spiro atoms. The molecule has 120 valence electrons. The smallest absolute Gasteiger partial charge is 0.316 e. The van der Waals surface area contributed by atoms with Gasteiger partial charge >= 0.3 is 5.97 Å². The Kier molecular flexibility index (Phi) is 5.64. The summed E-state index contributed by atoms with van der Waals surface area (Å²) in [6.07, 6.45) is 0. The summed E-state index contributed by atoms with van der Waals surface area (Å²) >= 11 is 1.17. The van der Waals surface area contributed by atoms with Gasteiger partial charge in [-0.15, -0.1) is 0 Å². The molecule has 0 saturated heterocycles. The molecule has 0 aliphatic carbocycles. The molecule has 0 fully saturated rings. The highest BCUT2D eigenvalue weighted by Gasteiger charge is 2.14. The van der Waals surface area contributed by atoms with Crippen LogP contribution >= 0.6 is 11.8 Å². The summed E-state index contributed by atoms with van der Waals surface area (Å²) in [6.45, 7) is 3.57. The van der Waals surface area contributed by atoms with Crippen molar-refractivity contribution >= 4 is 23.4 Å². The number of esters is 1. The van der Waals surface area contributed by atoms with E-state index in [0.29, 0.717) is 10.7 Å². The molecule has 0 aliphatic heterocycles. The Morgan fingerprint density at radius 1 is 1.26 bits per heavy atom. The van der Waals surface area contributed by atoms with Gasteiger partial charge in [0, 0.05) is 17.5 Å². The number of aromatic nitrogens is 2. The molecule has 0 radical (unpaired) electrons. The highest BCUT2D eigenvalue weighted by Crippen LogP contribution is 2.19. The number of hydrogen-bond donors (Lipinski definition) is 0. The topological polar surface area (TPSA) is 95.2 Å². The molecular weight excluding hydrogens is 318 g/mol. The SMILES string of the molecule is Cc1cc(C)nc(SCC(=O)OCc2ccccc2[N+](=O)[O-])n1. The zero-order valence-electron chi connectivity index (χ0n) is 12.7. The van der Waals surface area contributed by atoms with E-state index in [9.17, 15) is 14.9 Å². The number of nitro benzene ring substituents is 1. The number of aryl methyl sites for hydroxylation is 2. The Hall–Kier alpha value is -2.48. The van der Waals surface area contributed by atoms with Gasteiger partial charge in [-0.3, -0.25) is 14.9 Å². The lowest BCUT2D eigenvalue weighted by Crippen LogP contribution is -2.09. The summed E-state index contributed by atoms with van der Waals surface area (Å²) in [7, 11) is 0. The van der Waals surface area contributed by atoms with Gasteiger partial charge in [0.1, 0.15) is 6.61 Å². The zero-order valence-corrected chi connectivity index (χ0v) is 13.5. The van der Waals surface area contributed by atoms with E-state index in [4.69, 9.17) is 4.74 Å². The van der Waals surface area contributed by atoms with Crippen LogP contribution in [-0.4, -0.2) is 26.6 Å². The molecule has 2 rings (SSSR count). The standard InChI is InChI=1S/C15H15N3O4S/c1-10-7-11(2)17-15(16-10)23-9-14(19)22-8-12-5-3-4-6-13(12)18(20)21/h3-7H,8-9H2,1-2H3. The second-order valence-corrected chi connectivity index (χ2v) is 5.71. The van der Waals surface area contributed by atoms with Crippen LogP contribution in [0.15, 0.2) is 35.5 Å². The van der Waals surface area contributed by atoms with E-state index < -0.39 is 10.9 Å². The van der Waals surface area contributed by atoms with Gasteiger partial charge in [-0.05, 0) is 26.0 Å². The van der Waals surface area contributed by atoms with Crippen LogP contribution in [-0.2, 0) is 16.1 Å². The summed E-state index contributed by atoms with van der Waals surface area (Å²) in [5.41, 5.74) is 1.95. The van der Waals surface area contributed by atoms with Crippen LogP contribution in [0.25, 0.3) is 0 Å². The second-order valence-electron chi connectivity index (χ2n) is 4.77. The molecular formula is C15H15N3O4S. The first-order chi connectivity index (χ1) is 11.0. The van der Waals surface area contributed by atoms with E-state index in [2.05, 4.69) is 9.97 Å². The second kappa shape index (κ2) is 7.68. The predicted octanol–water partition coefficient (Wildman–Crippen LogP) is 2.84. The molecule has 0 bridgehead atoms. The van der Waals surface area contributed by atoms with Crippen molar-refractivity contribution in [3.63, 3.8) is 0 Å². The summed E-state index contributed by atoms with van der Waals surface area (Å²) in [5, 5.41) is 11.4. The molecule has 1 heterocycles. The van der Waals surface area contributed by atoms with Crippen LogP contribution < -0.4 is 0 Å². The maximum atomic E-state index is 11.8. The fraction of sp³-hybridized carbons (Fsp3) is 0.267. The van der Waals surface area contributed by atoms with Crippen molar-refractivity contribution < 1.29 is 14.5 Å². The van der Waals surface area contributed by atoms with Crippen molar-refractivity contribution in [3.8, 4) is 0 Å². The fourth-order valence-corrected chi connectivity index (χ4v) is 2.64. The minimum absolute atomic E-state index is 0.0452. The molecule has 1 aromatic carbocycles. The third-order valence-electron chi connectivity index (χ3n) is 2.86. The minimum atomic E-state index is -0.499. The molecule has 7 nitrogen and oxygen atoms in total. The van der Waals surface area contributed by atoms with Crippen LogP contribution in [0.3, 0.4) is 0 Å². The number of rotatable bonds is 6. The highest BCUT2D eigenvalue weighted by molar-refractivity contribution is 7.99. The molecule has 2 aromatic rings. The lowest BCUT2D eigenvalue weighted by molar-refractivity contribution is -0.385. The lowest BCUT2D eigenvalue weighted by Gasteiger charge is -2.06. The van der Waals surface area contributed by atoms with Crippen molar-refractivity contribution in [1.29, 1.82) is 0 Å². The van der Waals surface area contributed by atoms with E-state index in [1.165, 1.54) is 17.8 Å².